The molecule has 0 aliphatic rings. The molecule has 1 aromatic carbocycles. The molecule has 0 atom stereocenters. The van der Waals surface area contributed by atoms with E-state index in [4.69, 9.17) is 22.7 Å². The number of benzene rings is 1. The first kappa shape index (κ1) is 10.6. The number of para-hydroxylation sites is 1. The van der Waals surface area contributed by atoms with E-state index in [2.05, 4.69) is 4.98 Å². The highest BCUT2D eigenvalue weighted by molar-refractivity contribution is 7.80. The zero-order chi connectivity index (χ0) is 11.4. The van der Waals surface area contributed by atoms with Crippen molar-refractivity contribution in [3.05, 3.63) is 54.2 Å². The van der Waals surface area contributed by atoms with Gasteiger partial charge in [-0.05, 0) is 18.2 Å². The first-order valence-electron chi connectivity index (χ1n) is 4.75. The summed E-state index contributed by atoms with van der Waals surface area (Å²) < 4.78 is 5.54. The van der Waals surface area contributed by atoms with Crippen LogP contribution in [0, 0.1) is 0 Å². The summed E-state index contributed by atoms with van der Waals surface area (Å²) in [6, 6.07) is 14.7. The Bertz CT molecular complexity index is 499. The second kappa shape index (κ2) is 4.72. The molecule has 0 bridgehead atoms. The predicted molar refractivity (Wildman–Crippen MR) is 66.6 cm³/mol. The van der Waals surface area contributed by atoms with Crippen molar-refractivity contribution in [2.75, 3.05) is 0 Å². The molecule has 3 nitrogen and oxygen atoms in total. The van der Waals surface area contributed by atoms with Gasteiger partial charge in [-0.2, -0.15) is 0 Å². The average molecular weight is 230 g/mol. The highest BCUT2D eigenvalue weighted by Crippen LogP contribution is 2.18. The lowest BCUT2D eigenvalue weighted by Gasteiger charge is -2.05. The predicted octanol–water partition coefficient (Wildman–Crippen LogP) is 2.51. The smallest absolute Gasteiger partial charge is 0.219 e. The lowest BCUT2D eigenvalue weighted by molar-refractivity contribution is 0.462. The van der Waals surface area contributed by atoms with E-state index in [-0.39, 0.29) is 4.99 Å². The van der Waals surface area contributed by atoms with Crippen LogP contribution in [-0.4, -0.2) is 9.97 Å². The molecule has 0 unspecified atom stereocenters. The quantitative estimate of drug-likeness (QED) is 0.823. The molecule has 0 fully saturated rings. The van der Waals surface area contributed by atoms with Gasteiger partial charge < -0.3 is 10.5 Å². The summed E-state index contributed by atoms with van der Waals surface area (Å²) >= 11 is 4.85. The van der Waals surface area contributed by atoms with Crippen LogP contribution in [0.15, 0.2) is 48.5 Å². The molecule has 1 aromatic heterocycles. The van der Waals surface area contributed by atoms with E-state index < -0.39 is 0 Å². The first-order valence-corrected chi connectivity index (χ1v) is 5.16. The number of aromatic nitrogens is 1. The molecule has 2 rings (SSSR count). The number of pyridine rings is 1. The molecule has 0 aliphatic carbocycles. The van der Waals surface area contributed by atoms with Crippen molar-refractivity contribution in [2.45, 2.75) is 0 Å². The van der Waals surface area contributed by atoms with E-state index >= 15 is 0 Å². The van der Waals surface area contributed by atoms with E-state index in [1.54, 1.807) is 18.2 Å². The third-order valence-corrected chi connectivity index (χ3v) is 2.15. The molecule has 0 spiro atoms. The standard InChI is InChI=1S/C12H10N2OS/c13-12(16)10-7-4-8-11(14-10)15-9-5-2-1-3-6-9/h1-8H,(H2,13,16). The fraction of sp³-hybridized carbons (Fsp3) is 0. The number of nitrogens with two attached hydrogens (primary N) is 1. The van der Waals surface area contributed by atoms with E-state index in [1.807, 2.05) is 30.3 Å². The molecule has 0 amide bonds. The van der Waals surface area contributed by atoms with Crippen molar-refractivity contribution in [1.82, 2.24) is 4.98 Å². The van der Waals surface area contributed by atoms with Crippen LogP contribution >= 0.6 is 12.2 Å². The Balaban J connectivity index is 2.22. The molecule has 1 heterocycles. The zero-order valence-corrected chi connectivity index (χ0v) is 9.28. The molecular weight excluding hydrogens is 220 g/mol. The van der Waals surface area contributed by atoms with Crippen LogP contribution < -0.4 is 10.5 Å². The molecule has 0 saturated heterocycles. The lowest BCUT2D eigenvalue weighted by atomic mass is 10.3. The average Bonchev–Trinajstić information content (AvgIpc) is 2.30. The van der Waals surface area contributed by atoms with E-state index in [1.165, 1.54) is 0 Å². The Morgan fingerprint density at radius 1 is 1.06 bits per heavy atom. The van der Waals surface area contributed by atoms with Gasteiger partial charge in [-0.15, -0.1) is 0 Å². The molecule has 0 radical (unpaired) electrons. The minimum atomic E-state index is 0.263. The molecule has 2 aromatic rings. The van der Waals surface area contributed by atoms with Crippen molar-refractivity contribution in [3.8, 4) is 11.6 Å². The number of hydrogen-bond acceptors (Lipinski definition) is 3. The van der Waals surface area contributed by atoms with Gasteiger partial charge in [-0.25, -0.2) is 4.98 Å². The monoisotopic (exact) mass is 230 g/mol. The van der Waals surface area contributed by atoms with Gasteiger partial charge in [0.1, 0.15) is 16.4 Å². The third-order valence-electron chi connectivity index (χ3n) is 1.94. The summed E-state index contributed by atoms with van der Waals surface area (Å²) in [6.45, 7) is 0. The number of ether oxygens (including phenoxy) is 1. The number of nitrogens with zero attached hydrogens (tertiary/aromatic N) is 1. The van der Waals surface area contributed by atoms with Gasteiger partial charge in [0.25, 0.3) is 0 Å². The second-order valence-corrected chi connectivity index (χ2v) is 3.58. The first-order chi connectivity index (χ1) is 7.75. The Kier molecular flexibility index (Phi) is 3.12. The van der Waals surface area contributed by atoms with E-state index in [0.717, 1.165) is 5.75 Å². The van der Waals surface area contributed by atoms with E-state index in [0.29, 0.717) is 11.6 Å². The van der Waals surface area contributed by atoms with Crippen molar-refractivity contribution in [2.24, 2.45) is 5.73 Å². The summed E-state index contributed by atoms with van der Waals surface area (Å²) in [6.07, 6.45) is 0. The Labute approximate surface area is 98.9 Å². The molecular formula is C12H10N2OS. The number of rotatable bonds is 3. The van der Waals surface area contributed by atoms with Crippen molar-refractivity contribution >= 4 is 17.2 Å². The maximum atomic E-state index is 5.54. The van der Waals surface area contributed by atoms with Gasteiger partial charge in [-0.3, -0.25) is 0 Å². The van der Waals surface area contributed by atoms with Crippen molar-refractivity contribution < 1.29 is 4.74 Å². The third kappa shape index (κ3) is 2.55. The number of hydrogen-bond donors (Lipinski definition) is 1. The van der Waals surface area contributed by atoms with Crippen LogP contribution in [0.1, 0.15) is 5.69 Å². The normalized spacial score (nSPS) is 9.75. The molecule has 0 saturated carbocycles. The van der Waals surface area contributed by atoms with Crippen molar-refractivity contribution in [1.29, 1.82) is 0 Å². The fourth-order valence-electron chi connectivity index (χ4n) is 1.22. The van der Waals surface area contributed by atoms with Crippen LogP contribution in [0.25, 0.3) is 0 Å². The largest absolute Gasteiger partial charge is 0.439 e. The highest BCUT2D eigenvalue weighted by atomic mass is 32.1. The zero-order valence-electron chi connectivity index (χ0n) is 8.46. The van der Waals surface area contributed by atoms with Gasteiger partial charge in [-0.1, -0.05) is 36.5 Å². The second-order valence-electron chi connectivity index (χ2n) is 3.14. The van der Waals surface area contributed by atoms with Gasteiger partial charge in [0, 0.05) is 6.07 Å². The summed E-state index contributed by atoms with van der Waals surface area (Å²) in [5.41, 5.74) is 6.05. The Morgan fingerprint density at radius 2 is 1.81 bits per heavy atom. The van der Waals surface area contributed by atoms with Crippen molar-refractivity contribution in [3.63, 3.8) is 0 Å². The summed E-state index contributed by atoms with van der Waals surface area (Å²) in [7, 11) is 0. The Morgan fingerprint density at radius 3 is 2.50 bits per heavy atom. The van der Waals surface area contributed by atoms with Gasteiger partial charge >= 0.3 is 0 Å². The Hall–Kier alpha value is -1.94. The fourth-order valence-corrected chi connectivity index (χ4v) is 1.33. The molecule has 16 heavy (non-hydrogen) atoms. The van der Waals surface area contributed by atoms with E-state index in [9.17, 15) is 0 Å². The van der Waals surface area contributed by atoms with Gasteiger partial charge in [0.2, 0.25) is 5.88 Å². The van der Waals surface area contributed by atoms with Crippen LogP contribution in [0.4, 0.5) is 0 Å². The van der Waals surface area contributed by atoms with Gasteiger partial charge in [0.15, 0.2) is 0 Å². The molecule has 4 heteroatoms. The maximum absolute atomic E-state index is 5.54. The molecule has 2 N–H and O–H groups in total. The van der Waals surface area contributed by atoms with Gasteiger partial charge in [0.05, 0.1) is 0 Å². The van der Waals surface area contributed by atoms with Crippen LogP contribution in [0.3, 0.4) is 0 Å². The maximum Gasteiger partial charge on any atom is 0.219 e. The topological polar surface area (TPSA) is 48.1 Å². The minimum Gasteiger partial charge on any atom is -0.439 e. The number of thiocarbonyl (C=S) groups is 1. The van der Waals surface area contributed by atoms with Crippen LogP contribution in [-0.2, 0) is 0 Å². The lowest BCUT2D eigenvalue weighted by Crippen LogP contribution is -2.11. The minimum absolute atomic E-state index is 0.263. The van der Waals surface area contributed by atoms with Crippen LogP contribution in [0.5, 0.6) is 11.6 Å². The van der Waals surface area contributed by atoms with Crippen LogP contribution in [0.2, 0.25) is 0 Å². The highest BCUT2D eigenvalue weighted by Gasteiger charge is 2.01. The summed E-state index contributed by atoms with van der Waals surface area (Å²) in [4.78, 5) is 4.44. The SMILES string of the molecule is NC(=S)c1cccc(Oc2ccccc2)n1. The molecule has 0 aliphatic heterocycles. The molecule has 80 valence electrons. The summed E-state index contributed by atoms with van der Waals surface area (Å²) in [5.74, 6) is 1.21. The summed E-state index contributed by atoms with van der Waals surface area (Å²) in [5, 5.41) is 0.